The van der Waals surface area contributed by atoms with Gasteiger partial charge in [-0.05, 0) is 19.8 Å². The van der Waals surface area contributed by atoms with Crippen molar-refractivity contribution in [3.8, 4) is 0 Å². The van der Waals surface area contributed by atoms with E-state index in [0.29, 0.717) is 23.5 Å². The number of hydrogen-bond acceptors (Lipinski definition) is 4. The molecule has 0 spiro atoms. The third kappa shape index (κ3) is 4.70. The Kier molecular flexibility index (Phi) is 5.68. The number of aromatic nitrogens is 3. The lowest BCUT2D eigenvalue weighted by Crippen LogP contribution is -2.38. The van der Waals surface area contributed by atoms with Gasteiger partial charge in [0, 0.05) is 19.1 Å². The number of thiocarbonyl (C=S) groups is 1. The van der Waals surface area contributed by atoms with E-state index >= 15 is 0 Å². The van der Waals surface area contributed by atoms with Crippen molar-refractivity contribution in [2.24, 2.45) is 11.7 Å². The lowest BCUT2D eigenvalue weighted by molar-refractivity contribution is 0.233. The van der Waals surface area contributed by atoms with Crippen LogP contribution >= 0.6 is 12.2 Å². The first kappa shape index (κ1) is 15.0. The molecule has 5 nitrogen and oxygen atoms in total. The second kappa shape index (κ2) is 6.80. The fraction of sp³-hybridized carbons (Fsp3) is 0.750. The van der Waals surface area contributed by atoms with Gasteiger partial charge in [-0.25, -0.2) is 9.67 Å². The standard InChI is InChI=1S/C12H23N5S/c1-9(2)5-17-12(14-8-15-17)7-16(10(3)4)6-11(13)18/h8-10H,5-7H2,1-4H3,(H2,13,18). The molecule has 0 aliphatic rings. The zero-order valence-electron chi connectivity index (χ0n) is 11.6. The number of nitrogens with zero attached hydrogens (tertiary/aromatic N) is 4. The van der Waals surface area contributed by atoms with Gasteiger partial charge >= 0.3 is 0 Å². The van der Waals surface area contributed by atoms with Crippen molar-refractivity contribution in [1.29, 1.82) is 0 Å². The first-order chi connectivity index (χ1) is 8.40. The van der Waals surface area contributed by atoms with Gasteiger partial charge in [0.05, 0.1) is 11.5 Å². The highest BCUT2D eigenvalue weighted by Gasteiger charge is 2.15. The Morgan fingerprint density at radius 2 is 2.11 bits per heavy atom. The molecule has 0 atom stereocenters. The Labute approximate surface area is 114 Å². The minimum Gasteiger partial charge on any atom is -0.392 e. The SMILES string of the molecule is CC(C)Cn1ncnc1CN(CC(N)=S)C(C)C. The molecular weight excluding hydrogens is 246 g/mol. The second-order valence-electron chi connectivity index (χ2n) is 5.22. The summed E-state index contributed by atoms with van der Waals surface area (Å²) in [5.74, 6) is 1.52. The molecule has 0 fully saturated rings. The summed E-state index contributed by atoms with van der Waals surface area (Å²) in [6.07, 6.45) is 1.61. The summed E-state index contributed by atoms with van der Waals surface area (Å²) in [6, 6.07) is 0.371. The fourth-order valence-electron chi connectivity index (χ4n) is 1.71. The van der Waals surface area contributed by atoms with Crippen LogP contribution in [0.25, 0.3) is 0 Å². The number of rotatable bonds is 7. The van der Waals surface area contributed by atoms with Crippen molar-refractivity contribution in [2.75, 3.05) is 6.54 Å². The van der Waals surface area contributed by atoms with Gasteiger partial charge in [0.15, 0.2) is 0 Å². The molecule has 0 radical (unpaired) electrons. The lowest BCUT2D eigenvalue weighted by atomic mass is 10.2. The smallest absolute Gasteiger partial charge is 0.141 e. The molecule has 0 unspecified atom stereocenters. The van der Waals surface area contributed by atoms with Crippen LogP contribution in [0, 0.1) is 5.92 Å². The summed E-state index contributed by atoms with van der Waals surface area (Å²) in [7, 11) is 0. The fourth-order valence-corrected chi connectivity index (χ4v) is 1.88. The number of hydrogen-bond donors (Lipinski definition) is 1. The Morgan fingerprint density at radius 1 is 1.44 bits per heavy atom. The van der Waals surface area contributed by atoms with Gasteiger partial charge in [-0.3, -0.25) is 4.90 Å². The highest BCUT2D eigenvalue weighted by molar-refractivity contribution is 7.80. The highest BCUT2D eigenvalue weighted by Crippen LogP contribution is 2.07. The van der Waals surface area contributed by atoms with Gasteiger partial charge < -0.3 is 5.73 Å². The van der Waals surface area contributed by atoms with Gasteiger partial charge in [-0.15, -0.1) is 0 Å². The lowest BCUT2D eigenvalue weighted by Gasteiger charge is -2.25. The quantitative estimate of drug-likeness (QED) is 0.759. The van der Waals surface area contributed by atoms with Crippen molar-refractivity contribution in [2.45, 2.75) is 46.8 Å². The third-order valence-corrected chi connectivity index (χ3v) is 2.80. The van der Waals surface area contributed by atoms with Crippen LogP contribution < -0.4 is 5.73 Å². The molecule has 0 aliphatic carbocycles. The molecule has 0 saturated carbocycles. The number of nitrogens with two attached hydrogens (primary N) is 1. The molecule has 0 bridgehead atoms. The van der Waals surface area contributed by atoms with E-state index in [1.54, 1.807) is 6.33 Å². The topological polar surface area (TPSA) is 60.0 Å². The van der Waals surface area contributed by atoms with E-state index < -0.39 is 0 Å². The summed E-state index contributed by atoms with van der Waals surface area (Å²) < 4.78 is 1.96. The van der Waals surface area contributed by atoms with E-state index in [9.17, 15) is 0 Å². The monoisotopic (exact) mass is 269 g/mol. The summed E-state index contributed by atoms with van der Waals surface area (Å²) in [5.41, 5.74) is 5.63. The van der Waals surface area contributed by atoms with Crippen LogP contribution in [0.5, 0.6) is 0 Å². The van der Waals surface area contributed by atoms with Crippen molar-refractivity contribution < 1.29 is 0 Å². The molecule has 1 aromatic heterocycles. The van der Waals surface area contributed by atoms with Gasteiger partial charge in [0.1, 0.15) is 12.2 Å². The molecule has 0 saturated heterocycles. The van der Waals surface area contributed by atoms with E-state index in [0.717, 1.165) is 18.9 Å². The van der Waals surface area contributed by atoms with E-state index in [2.05, 4.69) is 42.7 Å². The summed E-state index contributed by atoms with van der Waals surface area (Å²) >= 11 is 4.98. The average Bonchev–Trinajstić information content (AvgIpc) is 2.63. The first-order valence-electron chi connectivity index (χ1n) is 6.29. The van der Waals surface area contributed by atoms with Crippen LogP contribution in [-0.4, -0.2) is 37.2 Å². The largest absolute Gasteiger partial charge is 0.392 e. The Hall–Kier alpha value is -1.01. The zero-order valence-corrected chi connectivity index (χ0v) is 12.4. The predicted molar refractivity (Wildman–Crippen MR) is 77.2 cm³/mol. The van der Waals surface area contributed by atoms with Crippen molar-refractivity contribution in [1.82, 2.24) is 19.7 Å². The molecule has 0 amide bonds. The molecule has 1 heterocycles. The van der Waals surface area contributed by atoms with Crippen molar-refractivity contribution in [3.63, 3.8) is 0 Å². The van der Waals surface area contributed by atoms with Crippen LogP contribution in [0.3, 0.4) is 0 Å². The molecule has 6 heteroatoms. The maximum Gasteiger partial charge on any atom is 0.141 e. The van der Waals surface area contributed by atoms with Crippen molar-refractivity contribution in [3.05, 3.63) is 12.2 Å². The first-order valence-corrected chi connectivity index (χ1v) is 6.70. The molecule has 18 heavy (non-hydrogen) atoms. The van der Waals surface area contributed by atoms with Crippen LogP contribution in [0.4, 0.5) is 0 Å². The van der Waals surface area contributed by atoms with Crippen LogP contribution in [0.2, 0.25) is 0 Å². The molecule has 1 rings (SSSR count). The minimum absolute atomic E-state index is 0.371. The van der Waals surface area contributed by atoms with Gasteiger partial charge in [-0.1, -0.05) is 26.1 Å². The second-order valence-corrected chi connectivity index (χ2v) is 5.74. The summed E-state index contributed by atoms with van der Waals surface area (Å²) in [6.45, 7) is 10.8. The normalized spacial score (nSPS) is 11.7. The molecular formula is C12H23N5S. The Bertz CT molecular complexity index is 386. The Morgan fingerprint density at radius 3 is 2.61 bits per heavy atom. The maximum absolute atomic E-state index is 5.63. The summed E-state index contributed by atoms with van der Waals surface area (Å²) in [5, 5.41) is 4.26. The molecule has 1 aromatic rings. The predicted octanol–water partition coefficient (Wildman–Crippen LogP) is 1.43. The van der Waals surface area contributed by atoms with E-state index in [-0.39, 0.29) is 0 Å². The zero-order chi connectivity index (χ0) is 13.7. The van der Waals surface area contributed by atoms with Crippen LogP contribution in [0.15, 0.2) is 6.33 Å². The summed E-state index contributed by atoms with van der Waals surface area (Å²) in [4.78, 5) is 7.04. The highest BCUT2D eigenvalue weighted by atomic mass is 32.1. The minimum atomic E-state index is 0.371. The molecule has 2 N–H and O–H groups in total. The van der Waals surface area contributed by atoms with Gasteiger partial charge in [-0.2, -0.15) is 5.10 Å². The van der Waals surface area contributed by atoms with Gasteiger partial charge in [0.2, 0.25) is 0 Å². The van der Waals surface area contributed by atoms with Crippen molar-refractivity contribution >= 4 is 17.2 Å². The van der Waals surface area contributed by atoms with Gasteiger partial charge in [0.25, 0.3) is 0 Å². The van der Waals surface area contributed by atoms with E-state index in [4.69, 9.17) is 18.0 Å². The van der Waals surface area contributed by atoms with Crippen LogP contribution in [-0.2, 0) is 13.1 Å². The Balaban J connectivity index is 2.74. The molecule has 102 valence electrons. The van der Waals surface area contributed by atoms with E-state index in [1.807, 2.05) is 4.68 Å². The molecule has 0 aliphatic heterocycles. The third-order valence-electron chi connectivity index (χ3n) is 2.67. The maximum atomic E-state index is 5.63. The van der Waals surface area contributed by atoms with E-state index in [1.165, 1.54) is 0 Å². The van der Waals surface area contributed by atoms with Crippen LogP contribution in [0.1, 0.15) is 33.5 Å². The molecule has 0 aromatic carbocycles. The average molecular weight is 269 g/mol.